The largest absolute Gasteiger partial charge is 0.322 e. The minimum atomic E-state index is -0.879. The Kier molecular flexibility index (Phi) is 3.52. The van der Waals surface area contributed by atoms with Crippen LogP contribution in [-0.2, 0) is 4.79 Å². The number of anilines is 1. The van der Waals surface area contributed by atoms with E-state index < -0.39 is 17.0 Å². The molecule has 90 valence electrons. The monoisotopic (exact) mass is 237 g/mol. The van der Waals surface area contributed by atoms with Gasteiger partial charge < -0.3 is 5.32 Å². The van der Waals surface area contributed by atoms with Gasteiger partial charge in [-0.3, -0.25) is 4.79 Å². The van der Waals surface area contributed by atoms with Crippen molar-refractivity contribution in [1.29, 1.82) is 0 Å². The van der Waals surface area contributed by atoms with Gasteiger partial charge in [-0.25, -0.2) is 8.78 Å². The van der Waals surface area contributed by atoms with Crippen LogP contribution in [0.25, 0.3) is 0 Å². The van der Waals surface area contributed by atoms with Gasteiger partial charge in [-0.05, 0) is 6.07 Å². The van der Waals surface area contributed by atoms with Crippen LogP contribution in [0.4, 0.5) is 14.5 Å². The van der Waals surface area contributed by atoms with Crippen LogP contribution >= 0.6 is 0 Å². The first kappa shape index (κ1) is 13.2. The average Bonchev–Trinajstić information content (AvgIpc) is 2.19. The van der Waals surface area contributed by atoms with Crippen molar-refractivity contribution in [3.8, 4) is 12.3 Å². The van der Waals surface area contributed by atoms with Crippen molar-refractivity contribution in [2.24, 2.45) is 5.41 Å². The van der Waals surface area contributed by atoms with Crippen LogP contribution in [0.15, 0.2) is 12.1 Å². The molecule has 1 aromatic carbocycles. The first-order valence-electron chi connectivity index (χ1n) is 5.03. The average molecular weight is 237 g/mol. The molecule has 0 atom stereocenters. The second kappa shape index (κ2) is 4.54. The predicted octanol–water partition coefficient (Wildman–Crippen LogP) is 2.93. The molecular formula is C13H13F2NO. The van der Waals surface area contributed by atoms with Gasteiger partial charge in [0.1, 0.15) is 5.82 Å². The lowest BCUT2D eigenvalue weighted by molar-refractivity contribution is -0.123. The molecule has 0 saturated heterocycles. The lowest BCUT2D eigenvalue weighted by atomic mass is 9.95. The third-order valence-electron chi connectivity index (χ3n) is 2.13. The van der Waals surface area contributed by atoms with Gasteiger partial charge in [0.25, 0.3) is 0 Å². The maximum atomic E-state index is 13.5. The summed E-state index contributed by atoms with van der Waals surface area (Å²) in [5.74, 6) is 0.0970. The summed E-state index contributed by atoms with van der Waals surface area (Å²) in [5.41, 5.74) is -0.860. The molecule has 0 fully saturated rings. The third-order valence-corrected chi connectivity index (χ3v) is 2.13. The standard InChI is InChI=1S/C13H13F2NO/c1-5-8-6-9(14)7-10(15)11(8)16-12(17)13(2,3)4/h1,6-7H,2-4H3,(H,16,17). The number of carbonyl (C=O) groups excluding carboxylic acids is 1. The molecule has 1 N–H and O–H groups in total. The molecule has 0 saturated carbocycles. The Labute approximate surface area is 99.0 Å². The second-order valence-electron chi connectivity index (χ2n) is 4.66. The fourth-order valence-corrected chi connectivity index (χ4v) is 1.12. The molecule has 2 nitrogen and oxygen atoms in total. The lowest BCUT2D eigenvalue weighted by Gasteiger charge is -2.18. The second-order valence-corrected chi connectivity index (χ2v) is 4.66. The van der Waals surface area contributed by atoms with Gasteiger partial charge in [-0.1, -0.05) is 26.7 Å². The smallest absolute Gasteiger partial charge is 0.229 e. The van der Waals surface area contributed by atoms with Crippen LogP contribution in [0, 0.1) is 29.4 Å². The molecule has 0 unspecified atom stereocenters. The lowest BCUT2D eigenvalue weighted by Crippen LogP contribution is -2.28. The summed E-state index contributed by atoms with van der Waals surface area (Å²) in [7, 11) is 0. The predicted molar refractivity (Wildman–Crippen MR) is 62.4 cm³/mol. The van der Waals surface area contributed by atoms with Crippen LogP contribution < -0.4 is 5.32 Å². The number of halogens is 2. The molecule has 1 amide bonds. The van der Waals surface area contributed by atoms with Crippen molar-refractivity contribution in [1.82, 2.24) is 0 Å². The molecule has 4 heteroatoms. The number of nitrogens with one attached hydrogen (secondary N) is 1. The van der Waals surface area contributed by atoms with Crippen LogP contribution in [0.1, 0.15) is 26.3 Å². The van der Waals surface area contributed by atoms with Crippen LogP contribution in [0.2, 0.25) is 0 Å². The van der Waals surface area contributed by atoms with Gasteiger partial charge in [0, 0.05) is 11.5 Å². The highest BCUT2D eigenvalue weighted by atomic mass is 19.1. The zero-order valence-corrected chi connectivity index (χ0v) is 9.90. The summed E-state index contributed by atoms with van der Waals surface area (Å²) in [6.07, 6.45) is 5.14. The molecular weight excluding hydrogens is 224 g/mol. The van der Waals surface area contributed by atoms with Crippen molar-refractivity contribution in [2.45, 2.75) is 20.8 Å². The van der Waals surface area contributed by atoms with Gasteiger partial charge in [0.05, 0.1) is 11.3 Å². The van der Waals surface area contributed by atoms with Gasteiger partial charge in [-0.2, -0.15) is 0 Å². The molecule has 0 heterocycles. The van der Waals surface area contributed by atoms with Crippen molar-refractivity contribution >= 4 is 11.6 Å². The maximum absolute atomic E-state index is 13.5. The zero-order chi connectivity index (χ0) is 13.2. The summed E-state index contributed by atoms with van der Waals surface area (Å²) >= 11 is 0. The Balaban J connectivity index is 3.16. The summed E-state index contributed by atoms with van der Waals surface area (Å²) in [6.45, 7) is 5.04. The summed E-state index contributed by atoms with van der Waals surface area (Å²) < 4.78 is 26.4. The van der Waals surface area contributed by atoms with Gasteiger partial charge in [0.15, 0.2) is 5.82 Å². The van der Waals surface area contributed by atoms with Crippen LogP contribution in [-0.4, -0.2) is 5.91 Å². The Morgan fingerprint density at radius 1 is 1.35 bits per heavy atom. The first-order chi connectivity index (χ1) is 7.75. The summed E-state index contributed by atoms with van der Waals surface area (Å²) in [6, 6.07) is 1.68. The van der Waals surface area contributed by atoms with E-state index >= 15 is 0 Å². The zero-order valence-electron chi connectivity index (χ0n) is 9.90. The minimum absolute atomic E-state index is 0.0138. The fourth-order valence-electron chi connectivity index (χ4n) is 1.12. The molecule has 0 spiro atoms. The first-order valence-corrected chi connectivity index (χ1v) is 5.03. The van der Waals surface area contributed by atoms with E-state index in [1.165, 1.54) is 0 Å². The van der Waals surface area contributed by atoms with E-state index in [2.05, 4.69) is 11.2 Å². The normalized spacial score (nSPS) is 10.8. The van der Waals surface area contributed by atoms with Crippen molar-refractivity contribution < 1.29 is 13.6 Å². The topological polar surface area (TPSA) is 29.1 Å². The highest BCUT2D eigenvalue weighted by Crippen LogP contribution is 2.24. The molecule has 0 aliphatic heterocycles. The van der Waals surface area contributed by atoms with E-state index in [0.29, 0.717) is 6.07 Å². The highest BCUT2D eigenvalue weighted by Gasteiger charge is 2.23. The Bertz CT molecular complexity index is 495. The quantitative estimate of drug-likeness (QED) is 0.747. The third kappa shape index (κ3) is 3.04. The van der Waals surface area contributed by atoms with E-state index in [0.717, 1.165) is 6.07 Å². The van der Waals surface area contributed by atoms with Gasteiger partial charge in [-0.15, -0.1) is 6.42 Å². The molecule has 0 bridgehead atoms. The van der Waals surface area contributed by atoms with Crippen LogP contribution in [0.5, 0.6) is 0 Å². The number of carbonyl (C=O) groups is 1. The Morgan fingerprint density at radius 3 is 2.41 bits per heavy atom. The van der Waals surface area contributed by atoms with E-state index in [9.17, 15) is 13.6 Å². The fraction of sp³-hybridized carbons (Fsp3) is 0.308. The number of hydrogen-bond donors (Lipinski definition) is 1. The number of amides is 1. The molecule has 0 radical (unpaired) electrons. The molecule has 1 aromatic rings. The Hall–Kier alpha value is -1.89. The highest BCUT2D eigenvalue weighted by molar-refractivity contribution is 5.95. The molecule has 0 aliphatic rings. The molecule has 1 rings (SSSR count). The van der Waals surface area contributed by atoms with E-state index in [-0.39, 0.29) is 17.2 Å². The van der Waals surface area contributed by atoms with Crippen molar-refractivity contribution in [3.05, 3.63) is 29.3 Å². The van der Waals surface area contributed by atoms with E-state index in [1.807, 2.05) is 0 Å². The van der Waals surface area contributed by atoms with E-state index in [1.54, 1.807) is 20.8 Å². The van der Waals surface area contributed by atoms with Crippen molar-refractivity contribution in [3.63, 3.8) is 0 Å². The molecule has 0 aromatic heterocycles. The molecule has 0 aliphatic carbocycles. The number of terminal acetylenes is 1. The minimum Gasteiger partial charge on any atom is -0.322 e. The summed E-state index contributed by atoms with van der Waals surface area (Å²) in [4.78, 5) is 11.7. The summed E-state index contributed by atoms with van der Waals surface area (Å²) in [5, 5.41) is 2.37. The maximum Gasteiger partial charge on any atom is 0.229 e. The Morgan fingerprint density at radius 2 is 1.94 bits per heavy atom. The number of rotatable bonds is 1. The number of benzene rings is 1. The van der Waals surface area contributed by atoms with E-state index in [4.69, 9.17) is 6.42 Å². The van der Waals surface area contributed by atoms with Gasteiger partial charge in [0.2, 0.25) is 5.91 Å². The number of hydrogen-bond acceptors (Lipinski definition) is 1. The SMILES string of the molecule is C#Cc1cc(F)cc(F)c1NC(=O)C(C)(C)C. The van der Waals surface area contributed by atoms with Crippen molar-refractivity contribution in [2.75, 3.05) is 5.32 Å². The molecule has 17 heavy (non-hydrogen) atoms. The van der Waals surface area contributed by atoms with Gasteiger partial charge >= 0.3 is 0 Å². The van der Waals surface area contributed by atoms with Crippen LogP contribution in [0.3, 0.4) is 0 Å².